The Labute approximate surface area is 132 Å². The van der Waals surface area contributed by atoms with E-state index in [-0.39, 0.29) is 5.75 Å². The summed E-state index contributed by atoms with van der Waals surface area (Å²) in [6, 6.07) is 7.60. The van der Waals surface area contributed by atoms with Gasteiger partial charge in [0.1, 0.15) is 5.75 Å². The number of ether oxygens (including phenoxy) is 1. The highest BCUT2D eigenvalue weighted by Gasteiger charge is 2.31. The van der Waals surface area contributed by atoms with Crippen molar-refractivity contribution in [3.8, 4) is 11.4 Å². The van der Waals surface area contributed by atoms with Gasteiger partial charge in [-0.15, -0.1) is 13.2 Å². The van der Waals surface area contributed by atoms with Crippen molar-refractivity contribution in [2.45, 2.75) is 32.5 Å². The first-order chi connectivity index (χ1) is 10.9. The number of hydrogen-bond donors (Lipinski definition) is 0. The topological polar surface area (TPSA) is 27.1 Å². The number of halogens is 3. The normalized spacial score (nSPS) is 18.6. The summed E-state index contributed by atoms with van der Waals surface area (Å²) in [6.45, 7) is 2.23. The van der Waals surface area contributed by atoms with E-state index in [0.717, 1.165) is 25.0 Å². The van der Waals surface area contributed by atoms with Gasteiger partial charge in [-0.3, -0.25) is 0 Å². The first-order valence-corrected chi connectivity index (χ1v) is 7.52. The lowest BCUT2D eigenvalue weighted by Gasteiger charge is -2.16. The maximum atomic E-state index is 12.2. The molecule has 3 rings (SSSR count). The van der Waals surface area contributed by atoms with Crippen LogP contribution in [0.25, 0.3) is 11.3 Å². The molecule has 0 amide bonds. The van der Waals surface area contributed by atoms with E-state index in [9.17, 15) is 13.2 Å². The van der Waals surface area contributed by atoms with Gasteiger partial charge >= 0.3 is 6.36 Å². The van der Waals surface area contributed by atoms with Crippen LogP contribution in [0.2, 0.25) is 0 Å². The summed E-state index contributed by atoms with van der Waals surface area (Å²) in [7, 11) is 0. The van der Waals surface area contributed by atoms with Crippen molar-refractivity contribution < 1.29 is 17.9 Å². The van der Waals surface area contributed by atoms with Crippen molar-refractivity contribution in [2.24, 2.45) is 5.92 Å². The zero-order valence-electron chi connectivity index (χ0n) is 12.7. The van der Waals surface area contributed by atoms with Crippen LogP contribution in [0.4, 0.5) is 13.2 Å². The van der Waals surface area contributed by atoms with E-state index in [4.69, 9.17) is 0 Å². The van der Waals surface area contributed by atoms with E-state index in [1.54, 1.807) is 16.8 Å². The summed E-state index contributed by atoms with van der Waals surface area (Å²) in [6.07, 6.45) is 2.59. The van der Waals surface area contributed by atoms with Gasteiger partial charge < -0.3 is 4.74 Å². The molecule has 122 valence electrons. The fourth-order valence-electron chi connectivity index (χ4n) is 2.64. The van der Waals surface area contributed by atoms with Gasteiger partial charge in [0.05, 0.1) is 11.4 Å². The van der Waals surface area contributed by atoms with Crippen molar-refractivity contribution in [3.63, 3.8) is 0 Å². The van der Waals surface area contributed by atoms with Gasteiger partial charge in [-0.05, 0) is 61.1 Å². The largest absolute Gasteiger partial charge is 0.573 e. The van der Waals surface area contributed by atoms with Gasteiger partial charge in [0.15, 0.2) is 0 Å². The molecule has 1 heterocycles. The Morgan fingerprint density at radius 1 is 1.17 bits per heavy atom. The number of aromatic nitrogens is 2. The lowest BCUT2D eigenvalue weighted by atomic mass is 9.90. The molecule has 1 atom stereocenters. The number of hydrogen-bond acceptors (Lipinski definition) is 2. The van der Waals surface area contributed by atoms with E-state index in [0.29, 0.717) is 11.6 Å². The maximum absolute atomic E-state index is 12.2. The molecule has 1 aliphatic rings. The third kappa shape index (κ3) is 3.94. The first-order valence-electron chi connectivity index (χ1n) is 7.52. The highest BCUT2D eigenvalue weighted by Crippen LogP contribution is 2.29. The van der Waals surface area contributed by atoms with Crippen LogP contribution in [0.15, 0.2) is 42.6 Å². The maximum Gasteiger partial charge on any atom is 0.573 e. The average molecular weight is 322 g/mol. The molecule has 0 bridgehead atoms. The van der Waals surface area contributed by atoms with Crippen molar-refractivity contribution in [1.29, 1.82) is 0 Å². The van der Waals surface area contributed by atoms with Gasteiger partial charge in [0.25, 0.3) is 0 Å². The molecule has 0 aliphatic heterocycles. The van der Waals surface area contributed by atoms with E-state index >= 15 is 0 Å². The van der Waals surface area contributed by atoms with Gasteiger partial charge in [-0.2, -0.15) is 5.10 Å². The lowest BCUT2D eigenvalue weighted by Crippen LogP contribution is -2.17. The number of alkyl halides is 3. The molecule has 1 aliphatic carbocycles. The number of nitrogens with zero attached hydrogens (tertiary/aromatic N) is 2. The molecule has 1 unspecified atom stereocenters. The van der Waals surface area contributed by atoms with Crippen molar-refractivity contribution in [2.75, 3.05) is 0 Å². The zero-order chi connectivity index (χ0) is 16.4. The quantitative estimate of drug-likeness (QED) is 0.797. The third-order valence-electron chi connectivity index (χ3n) is 3.93. The second-order valence-corrected chi connectivity index (χ2v) is 5.80. The summed E-state index contributed by atoms with van der Waals surface area (Å²) in [5, 5.41) is 4.52. The molecule has 0 N–H and O–H groups in total. The van der Waals surface area contributed by atoms with Crippen LogP contribution in [0.3, 0.4) is 0 Å². The van der Waals surface area contributed by atoms with Gasteiger partial charge in [0.2, 0.25) is 0 Å². The van der Waals surface area contributed by atoms with Gasteiger partial charge in [0, 0.05) is 6.20 Å². The van der Waals surface area contributed by atoms with Crippen molar-refractivity contribution >= 4 is 5.57 Å². The van der Waals surface area contributed by atoms with E-state index in [1.807, 2.05) is 12.3 Å². The second kappa shape index (κ2) is 6.10. The highest BCUT2D eigenvalue weighted by atomic mass is 19.4. The summed E-state index contributed by atoms with van der Waals surface area (Å²) >= 11 is 0. The van der Waals surface area contributed by atoms with Crippen LogP contribution in [0.1, 0.15) is 31.9 Å². The summed E-state index contributed by atoms with van der Waals surface area (Å²) in [4.78, 5) is 0. The standard InChI is InChI=1S/C17H17F3N2O/c1-12-2-4-13(5-3-12)16-10-11-22(21-16)14-6-8-15(9-7-14)23-17(18,19)20/h4,6-12H,2-3,5H2,1H3. The summed E-state index contributed by atoms with van der Waals surface area (Å²) < 4.78 is 42.0. The molecule has 0 radical (unpaired) electrons. The molecule has 23 heavy (non-hydrogen) atoms. The Morgan fingerprint density at radius 3 is 2.52 bits per heavy atom. The van der Waals surface area contributed by atoms with Gasteiger partial charge in [-0.1, -0.05) is 13.0 Å². The van der Waals surface area contributed by atoms with Crippen LogP contribution >= 0.6 is 0 Å². The van der Waals surface area contributed by atoms with Gasteiger partial charge in [-0.25, -0.2) is 4.68 Å². The van der Waals surface area contributed by atoms with E-state index in [2.05, 4.69) is 22.8 Å². The molecule has 3 nitrogen and oxygen atoms in total. The Balaban J connectivity index is 1.75. The second-order valence-electron chi connectivity index (χ2n) is 5.80. The third-order valence-corrected chi connectivity index (χ3v) is 3.93. The molecule has 6 heteroatoms. The fourth-order valence-corrected chi connectivity index (χ4v) is 2.64. The Bertz CT molecular complexity index is 701. The van der Waals surface area contributed by atoms with Crippen molar-refractivity contribution in [1.82, 2.24) is 9.78 Å². The number of benzene rings is 1. The summed E-state index contributed by atoms with van der Waals surface area (Å²) in [5.74, 6) is 0.472. The highest BCUT2D eigenvalue weighted by molar-refractivity contribution is 5.63. The Kier molecular flexibility index (Phi) is 4.15. The van der Waals surface area contributed by atoms with Crippen LogP contribution in [-0.2, 0) is 0 Å². The van der Waals surface area contributed by atoms with Crippen LogP contribution < -0.4 is 4.74 Å². The molecule has 2 aromatic rings. The molecular formula is C17H17F3N2O. The average Bonchev–Trinajstić information content (AvgIpc) is 2.97. The van der Waals surface area contributed by atoms with E-state index in [1.165, 1.54) is 17.7 Å². The Morgan fingerprint density at radius 2 is 1.91 bits per heavy atom. The molecule has 0 spiro atoms. The first kappa shape index (κ1) is 15.6. The monoisotopic (exact) mass is 322 g/mol. The predicted octanol–water partition coefficient (Wildman–Crippen LogP) is 4.97. The minimum absolute atomic E-state index is 0.238. The molecule has 0 saturated carbocycles. The van der Waals surface area contributed by atoms with Crippen LogP contribution in [0.5, 0.6) is 5.75 Å². The predicted molar refractivity (Wildman–Crippen MR) is 81.2 cm³/mol. The number of allylic oxidation sites excluding steroid dienone is 2. The fraction of sp³-hybridized carbons (Fsp3) is 0.353. The van der Waals surface area contributed by atoms with E-state index < -0.39 is 6.36 Å². The molecule has 0 fully saturated rings. The van der Waals surface area contributed by atoms with Crippen LogP contribution in [0, 0.1) is 5.92 Å². The Hall–Kier alpha value is -2.24. The smallest absolute Gasteiger partial charge is 0.406 e. The lowest BCUT2D eigenvalue weighted by molar-refractivity contribution is -0.274. The minimum Gasteiger partial charge on any atom is -0.406 e. The number of rotatable bonds is 3. The van der Waals surface area contributed by atoms with Crippen molar-refractivity contribution in [3.05, 3.63) is 48.3 Å². The van der Waals surface area contributed by atoms with Crippen LogP contribution in [-0.4, -0.2) is 16.1 Å². The molecule has 1 aromatic carbocycles. The minimum atomic E-state index is -4.68. The molecule has 1 aromatic heterocycles. The SMILES string of the molecule is CC1CC=C(c2ccn(-c3ccc(OC(F)(F)F)cc3)n2)CC1. The molecular weight excluding hydrogens is 305 g/mol. The zero-order valence-corrected chi connectivity index (χ0v) is 12.7. The molecule has 0 saturated heterocycles. The summed E-state index contributed by atoms with van der Waals surface area (Å²) in [5.41, 5.74) is 2.85.